The zero-order valence-electron chi connectivity index (χ0n) is 13.3. The maximum absolute atomic E-state index is 4.67. The Kier molecular flexibility index (Phi) is 4.81. The molecule has 0 aromatic carbocycles. The van der Waals surface area contributed by atoms with Gasteiger partial charge >= 0.3 is 0 Å². The van der Waals surface area contributed by atoms with Crippen LogP contribution in [0, 0.1) is 6.92 Å². The maximum Gasteiger partial charge on any atom is 0.224 e. The summed E-state index contributed by atoms with van der Waals surface area (Å²) < 4.78 is 0. The van der Waals surface area contributed by atoms with Crippen molar-refractivity contribution in [3.8, 4) is 0 Å². The molecular weight excluding hydrogens is 250 g/mol. The lowest BCUT2D eigenvalue weighted by Crippen LogP contribution is -2.55. The highest BCUT2D eigenvalue weighted by Crippen LogP contribution is 2.21. The Balaban J connectivity index is 2.17. The number of hydrogen-bond donors (Lipinski definition) is 1. The largest absolute Gasteiger partial charge is 0.354 e. The summed E-state index contributed by atoms with van der Waals surface area (Å²) in [6.45, 7) is 11.7. The van der Waals surface area contributed by atoms with Gasteiger partial charge < -0.3 is 10.2 Å². The van der Waals surface area contributed by atoms with Gasteiger partial charge in [0.2, 0.25) is 5.95 Å². The molecule has 1 aromatic rings. The van der Waals surface area contributed by atoms with E-state index in [9.17, 15) is 0 Å². The molecular formula is C15H27N5. The van der Waals surface area contributed by atoms with Crippen LogP contribution >= 0.6 is 0 Å². The molecule has 0 saturated carbocycles. The SMILES string of the molecule is CCCNc1nc(C)cc(N2CC(C)N(C)C(C)C2)n1. The number of rotatable bonds is 4. The Bertz CT molecular complexity index is 436. The van der Waals surface area contributed by atoms with Gasteiger partial charge in [-0.05, 0) is 34.2 Å². The van der Waals surface area contributed by atoms with Crippen LogP contribution in [0.1, 0.15) is 32.9 Å². The monoisotopic (exact) mass is 277 g/mol. The summed E-state index contributed by atoms with van der Waals surface area (Å²) in [5, 5.41) is 3.29. The number of anilines is 2. The van der Waals surface area contributed by atoms with Crippen molar-refractivity contribution in [3.63, 3.8) is 0 Å². The van der Waals surface area contributed by atoms with E-state index in [1.165, 1.54) is 0 Å². The topological polar surface area (TPSA) is 44.3 Å². The van der Waals surface area contributed by atoms with Gasteiger partial charge in [0.1, 0.15) is 5.82 Å². The Hall–Kier alpha value is -1.36. The van der Waals surface area contributed by atoms with Crippen molar-refractivity contribution in [1.29, 1.82) is 0 Å². The molecule has 2 atom stereocenters. The third-order valence-corrected chi connectivity index (χ3v) is 4.06. The van der Waals surface area contributed by atoms with Crippen LogP contribution in [-0.2, 0) is 0 Å². The summed E-state index contributed by atoms with van der Waals surface area (Å²) in [5.74, 6) is 1.80. The van der Waals surface area contributed by atoms with Gasteiger partial charge in [-0.25, -0.2) is 4.98 Å². The number of nitrogens with one attached hydrogen (secondary N) is 1. The summed E-state index contributed by atoms with van der Waals surface area (Å²) in [4.78, 5) is 13.9. The first kappa shape index (κ1) is 15.0. The van der Waals surface area contributed by atoms with Crippen molar-refractivity contribution in [2.45, 2.75) is 46.2 Å². The molecule has 2 heterocycles. The predicted octanol–water partition coefficient (Wildman–Crippen LogP) is 2.14. The van der Waals surface area contributed by atoms with Crippen LogP contribution in [0.3, 0.4) is 0 Å². The molecule has 5 nitrogen and oxygen atoms in total. The van der Waals surface area contributed by atoms with Gasteiger partial charge in [-0.15, -0.1) is 0 Å². The molecule has 1 saturated heterocycles. The van der Waals surface area contributed by atoms with E-state index in [1.807, 2.05) is 6.92 Å². The molecule has 5 heteroatoms. The summed E-state index contributed by atoms with van der Waals surface area (Å²) >= 11 is 0. The van der Waals surface area contributed by atoms with Crippen molar-refractivity contribution in [2.24, 2.45) is 0 Å². The highest BCUT2D eigenvalue weighted by Gasteiger charge is 2.27. The summed E-state index contributed by atoms with van der Waals surface area (Å²) in [6, 6.07) is 3.17. The third-order valence-electron chi connectivity index (χ3n) is 4.06. The third kappa shape index (κ3) is 3.39. The Morgan fingerprint density at radius 2 is 1.90 bits per heavy atom. The fourth-order valence-electron chi connectivity index (χ4n) is 2.62. The van der Waals surface area contributed by atoms with Crippen molar-refractivity contribution in [3.05, 3.63) is 11.8 Å². The average molecular weight is 277 g/mol. The van der Waals surface area contributed by atoms with Crippen LogP contribution in [0.25, 0.3) is 0 Å². The molecule has 0 spiro atoms. The van der Waals surface area contributed by atoms with Crippen molar-refractivity contribution < 1.29 is 0 Å². The van der Waals surface area contributed by atoms with E-state index in [2.05, 4.69) is 59.0 Å². The number of nitrogens with zero attached hydrogens (tertiary/aromatic N) is 4. The number of likely N-dealkylation sites (N-methyl/N-ethyl adjacent to an activating group) is 1. The van der Waals surface area contributed by atoms with Gasteiger partial charge in [-0.2, -0.15) is 4.98 Å². The minimum atomic E-state index is 0.543. The first-order chi connectivity index (χ1) is 9.51. The Morgan fingerprint density at radius 1 is 1.25 bits per heavy atom. The molecule has 0 radical (unpaired) electrons. The van der Waals surface area contributed by atoms with Crippen LogP contribution in [-0.4, -0.2) is 53.6 Å². The molecule has 1 fully saturated rings. The predicted molar refractivity (Wildman–Crippen MR) is 84.4 cm³/mol. The first-order valence-electron chi connectivity index (χ1n) is 7.57. The zero-order chi connectivity index (χ0) is 14.7. The molecule has 1 aliphatic rings. The molecule has 112 valence electrons. The van der Waals surface area contributed by atoms with E-state index in [-0.39, 0.29) is 0 Å². The number of hydrogen-bond acceptors (Lipinski definition) is 5. The normalized spacial score (nSPS) is 23.9. The Labute approximate surface area is 122 Å². The Morgan fingerprint density at radius 3 is 2.50 bits per heavy atom. The van der Waals surface area contributed by atoms with E-state index in [0.29, 0.717) is 12.1 Å². The standard InChI is InChI=1S/C15H27N5/c1-6-7-16-15-17-11(2)8-14(18-15)20-9-12(3)19(5)13(4)10-20/h8,12-13H,6-7,9-10H2,1-5H3,(H,16,17,18). The lowest BCUT2D eigenvalue weighted by atomic mass is 10.1. The minimum absolute atomic E-state index is 0.543. The molecule has 20 heavy (non-hydrogen) atoms. The molecule has 2 unspecified atom stereocenters. The molecule has 0 aliphatic carbocycles. The van der Waals surface area contributed by atoms with Crippen molar-refractivity contribution in [2.75, 3.05) is 36.9 Å². The maximum atomic E-state index is 4.67. The second kappa shape index (κ2) is 6.39. The second-order valence-corrected chi connectivity index (χ2v) is 5.89. The van der Waals surface area contributed by atoms with Crippen LogP contribution in [0.4, 0.5) is 11.8 Å². The van der Waals surface area contributed by atoms with Gasteiger partial charge in [0, 0.05) is 43.5 Å². The number of aromatic nitrogens is 2. The molecule has 0 bridgehead atoms. The summed E-state index contributed by atoms with van der Waals surface area (Å²) in [7, 11) is 2.20. The molecule has 1 aliphatic heterocycles. The van der Waals surface area contributed by atoms with E-state index >= 15 is 0 Å². The minimum Gasteiger partial charge on any atom is -0.354 e. The van der Waals surface area contributed by atoms with E-state index < -0.39 is 0 Å². The van der Waals surface area contributed by atoms with E-state index in [0.717, 1.165) is 43.5 Å². The second-order valence-electron chi connectivity index (χ2n) is 5.89. The highest BCUT2D eigenvalue weighted by atomic mass is 15.3. The average Bonchev–Trinajstić information content (AvgIpc) is 2.41. The van der Waals surface area contributed by atoms with Crippen LogP contribution < -0.4 is 10.2 Å². The van der Waals surface area contributed by atoms with Crippen LogP contribution in [0.15, 0.2) is 6.07 Å². The highest BCUT2D eigenvalue weighted by molar-refractivity contribution is 5.45. The number of aryl methyl sites for hydroxylation is 1. The van der Waals surface area contributed by atoms with Gasteiger partial charge in [-0.3, -0.25) is 4.90 Å². The first-order valence-corrected chi connectivity index (χ1v) is 7.57. The fourth-order valence-corrected chi connectivity index (χ4v) is 2.62. The molecule has 2 rings (SSSR count). The van der Waals surface area contributed by atoms with Crippen molar-refractivity contribution in [1.82, 2.24) is 14.9 Å². The van der Waals surface area contributed by atoms with Crippen molar-refractivity contribution >= 4 is 11.8 Å². The van der Waals surface area contributed by atoms with Gasteiger partial charge in [0.05, 0.1) is 0 Å². The van der Waals surface area contributed by atoms with E-state index in [1.54, 1.807) is 0 Å². The molecule has 1 aromatic heterocycles. The number of piperazine rings is 1. The van der Waals surface area contributed by atoms with Crippen LogP contribution in [0.5, 0.6) is 0 Å². The zero-order valence-corrected chi connectivity index (χ0v) is 13.3. The smallest absolute Gasteiger partial charge is 0.224 e. The van der Waals surface area contributed by atoms with Gasteiger partial charge in [-0.1, -0.05) is 6.92 Å². The molecule has 1 N–H and O–H groups in total. The summed E-state index contributed by atoms with van der Waals surface area (Å²) in [5.41, 5.74) is 1.02. The van der Waals surface area contributed by atoms with Gasteiger partial charge in [0.25, 0.3) is 0 Å². The lowest BCUT2D eigenvalue weighted by Gasteiger charge is -2.43. The fraction of sp³-hybridized carbons (Fsp3) is 0.733. The molecule has 0 amide bonds. The van der Waals surface area contributed by atoms with E-state index in [4.69, 9.17) is 0 Å². The quantitative estimate of drug-likeness (QED) is 0.913. The summed E-state index contributed by atoms with van der Waals surface area (Å²) in [6.07, 6.45) is 1.08. The lowest BCUT2D eigenvalue weighted by molar-refractivity contribution is 0.169. The van der Waals surface area contributed by atoms with Crippen LogP contribution in [0.2, 0.25) is 0 Å². The van der Waals surface area contributed by atoms with Gasteiger partial charge in [0.15, 0.2) is 0 Å².